The molecule has 2 aliphatic rings. The Morgan fingerprint density at radius 2 is 2.05 bits per heavy atom. The average molecular weight is 287 g/mol. The molecule has 1 aromatic carbocycles. The Balaban J connectivity index is 1.51. The number of ether oxygens (including phenoxy) is 1. The van der Waals surface area contributed by atoms with Gasteiger partial charge in [0.15, 0.2) is 5.96 Å². The first-order valence-electron chi connectivity index (χ1n) is 7.81. The van der Waals surface area contributed by atoms with Crippen molar-refractivity contribution in [3.8, 4) is 0 Å². The van der Waals surface area contributed by atoms with Gasteiger partial charge in [-0.25, -0.2) is 4.99 Å². The second-order valence-corrected chi connectivity index (χ2v) is 6.79. The number of hydrogen-bond donors (Lipinski definition) is 2. The molecule has 2 unspecified atom stereocenters. The number of benzene rings is 1. The molecule has 0 aliphatic heterocycles. The standard InChI is InChI=1S/C17H25N3O/c1-17(2)14(20-16(18)19-13-8-9-13)10-15(17)21-11-12-6-4-3-5-7-12/h3-7,13-15H,8-11H2,1-2H3,(H3,18,19,20). The Kier molecular flexibility index (Phi) is 3.89. The van der Waals surface area contributed by atoms with E-state index in [1.165, 1.54) is 18.4 Å². The molecule has 3 N–H and O–H groups in total. The SMILES string of the molecule is CC1(C)C(N=C(N)NC2CC2)CC1OCc1ccccc1. The predicted octanol–water partition coefficient (Wildman–Crippen LogP) is 2.44. The number of aliphatic imine (C=N–C) groups is 1. The third-order valence-corrected chi connectivity index (χ3v) is 4.64. The van der Waals surface area contributed by atoms with Gasteiger partial charge in [0.2, 0.25) is 0 Å². The molecule has 4 heteroatoms. The molecule has 0 heterocycles. The van der Waals surface area contributed by atoms with Crippen LogP contribution in [0.5, 0.6) is 0 Å². The molecule has 2 aliphatic carbocycles. The fraction of sp³-hybridized carbons (Fsp3) is 0.588. The van der Waals surface area contributed by atoms with Gasteiger partial charge in [0, 0.05) is 11.5 Å². The molecule has 0 aromatic heterocycles. The molecule has 2 saturated carbocycles. The number of hydrogen-bond acceptors (Lipinski definition) is 2. The lowest BCUT2D eigenvalue weighted by Gasteiger charge is -2.49. The predicted molar refractivity (Wildman–Crippen MR) is 85.0 cm³/mol. The van der Waals surface area contributed by atoms with Crippen LogP contribution in [0.1, 0.15) is 38.7 Å². The van der Waals surface area contributed by atoms with Crippen molar-refractivity contribution in [3.63, 3.8) is 0 Å². The molecule has 0 saturated heterocycles. The van der Waals surface area contributed by atoms with Crippen molar-refractivity contribution in [1.29, 1.82) is 0 Å². The van der Waals surface area contributed by atoms with Crippen LogP contribution in [-0.2, 0) is 11.3 Å². The van der Waals surface area contributed by atoms with Crippen LogP contribution in [0.25, 0.3) is 0 Å². The lowest BCUT2D eigenvalue weighted by atomic mass is 9.65. The van der Waals surface area contributed by atoms with Gasteiger partial charge in [-0.1, -0.05) is 44.2 Å². The van der Waals surface area contributed by atoms with Crippen molar-refractivity contribution in [2.24, 2.45) is 16.1 Å². The number of nitrogens with two attached hydrogens (primary N) is 1. The van der Waals surface area contributed by atoms with Crippen LogP contribution in [-0.4, -0.2) is 24.1 Å². The average Bonchev–Trinajstić information content (AvgIpc) is 3.27. The summed E-state index contributed by atoms with van der Waals surface area (Å²) < 4.78 is 6.05. The zero-order valence-corrected chi connectivity index (χ0v) is 12.9. The summed E-state index contributed by atoms with van der Waals surface area (Å²) in [6.07, 6.45) is 3.63. The molecular weight excluding hydrogens is 262 g/mol. The number of nitrogens with zero attached hydrogens (tertiary/aromatic N) is 1. The molecule has 2 fully saturated rings. The van der Waals surface area contributed by atoms with Gasteiger partial charge in [0.1, 0.15) is 0 Å². The molecule has 0 radical (unpaired) electrons. The minimum atomic E-state index is 0.0463. The highest BCUT2D eigenvalue weighted by atomic mass is 16.5. The van der Waals surface area contributed by atoms with E-state index in [0.717, 1.165) is 6.42 Å². The van der Waals surface area contributed by atoms with Crippen molar-refractivity contribution in [3.05, 3.63) is 35.9 Å². The van der Waals surface area contributed by atoms with Gasteiger partial charge < -0.3 is 15.8 Å². The van der Waals surface area contributed by atoms with Crippen molar-refractivity contribution in [1.82, 2.24) is 5.32 Å². The second kappa shape index (κ2) is 5.68. The van der Waals surface area contributed by atoms with Gasteiger partial charge in [-0.15, -0.1) is 0 Å². The summed E-state index contributed by atoms with van der Waals surface area (Å²) in [6.45, 7) is 5.09. The first kappa shape index (κ1) is 14.4. The van der Waals surface area contributed by atoms with Crippen LogP contribution in [0.15, 0.2) is 35.3 Å². The number of nitrogens with one attached hydrogen (secondary N) is 1. The van der Waals surface area contributed by atoms with Crippen molar-refractivity contribution >= 4 is 5.96 Å². The minimum absolute atomic E-state index is 0.0463. The first-order chi connectivity index (χ1) is 10.1. The Morgan fingerprint density at radius 1 is 1.33 bits per heavy atom. The molecular formula is C17H25N3O. The highest BCUT2D eigenvalue weighted by molar-refractivity contribution is 5.78. The molecule has 0 amide bonds. The van der Waals surface area contributed by atoms with Crippen LogP contribution in [0.3, 0.4) is 0 Å². The van der Waals surface area contributed by atoms with E-state index in [1.54, 1.807) is 0 Å². The monoisotopic (exact) mass is 287 g/mol. The van der Waals surface area contributed by atoms with Gasteiger partial charge in [0.25, 0.3) is 0 Å². The second-order valence-electron chi connectivity index (χ2n) is 6.79. The van der Waals surface area contributed by atoms with E-state index in [0.29, 0.717) is 18.6 Å². The third kappa shape index (κ3) is 3.38. The van der Waals surface area contributed by atoms with E-state index >= 15 is 0 Å². The van der Waals surface area contributed by atoms with Crippen LogP contribution in [0.4, 0.5) is 0 Å². The third-order valence-electron chi connectivity index (χ3n) is 4.64. The van der Waals surface area contributed by atoms with Crippen LogP contribution in [0.2, 0.25) is 0 Å². The zero-order chi connectivity index (χ0) is 14.9. The Bertz CT molecular complexity index is 508. The van der Waals surface area contributed by atoms with E-state index in [9.17, 15) is 0 Å². The lowest BCUT2D eigenvalue weighted by molar-refractivity contribution is -0.114. The fourth-order valence-electron chi connectivity index (χ4n) is 2.78. The normalized spacial score (nSPS) is 28.0. The maximum atomic E-state index is 6.05. The van der Waals surface area contributed by atoms with Gasteiger partial charge >= 0.3 is 0 Å². The summed E-state index contributed by atoms with van der Waals surface area (Å²) in [4.78, 5) is 4.62. The van der Waals surface area contributed by atoms with Crippen molar-refractivity contribution < 1.29 is 4.74 Å². The fourth-order valence-corrected chi connectivity index (χ4v) is 2.78. The molecule has 0 bridgehead atoms. The summed E-state index contributed by atoms with van der Waals surface area (Å²) >= 11 is 0. The maximum absolute atomic E-state index is 6.05. The number of rotatable bonds is 5. The highest BCUT2D eigenvalue weighted by Crippen LogP contribution is 2.45. The van der Waals surface area contributed by atoms with E-state index in [-0.39, 0.29) is 17.6 Å². The largest absolute Gasteiger partial charge is 0.373 e. The van der Waals surface area contributed by atoms with E-state index in [2.05, 4.69) is 36.3 Å². The topological polar surface area (TPSA) is 59.6 Å². The lowest BCUT2D eigenvalue weighted by Crippen LogP contribution is -2.54. The molecule has 0 spiro atoms. The maximum Gasteiger partial charge on any atom is 0.189 e. The zero-order valence-electron chi connectivity index (χ0n) is 12.9. The van der Waals surface area contributed by atoms with E-state index < -0.39 is 0 Å². The van der Waals surface area contributed by atoms with Gasteiger partial charge in [-0.05, 0) is 24.8 Å². The molecule has 2 atom stereocenters. The number of guanidine groups is 1. The van der Waals surface area contributed by atoms with Crippen molar-refractivity contribution in [2.45, 2.75) is 57.9 Å². The van der Waals surface area contributed by atoms with E-state index in [4.69, 9.17) is 10.5 Å². The smallest absolute Gasteiger partial charge is 0.189 e. The Labute approximate surface area is 126 Å². The van der Waals surface area contributed by atoms with E-state index in [1.807, 2.05) is 18.2 Å². The molecule has 3 rings (SSSR count). The summed E-state index contributed by atoms with van der Waals surface area (Å²) in [5.74, 6) is 0.595. The van der Waals surface area contributed by atoms with Gasteiger partial charge in [0.05, 0.1) is 18.8 Å². The summed E-state index contributed by atoms with van der Waals surface area (Å²) in [5.41, 5.74) is 7.22. The molecule has 1 aromatic rings. The van der Waals surface area contributed by atoms with Crippen molar-refractivity contribution in [2.75, 3.05) is 0 Å². The Hall–Kier alpha value is -1.55. The minimum Gasteiger partial charge on any atom is -0.373 e. The van der Waals surface area contributed by atoms with Crippen LogP contribution >= 0.6 is 0 Å². The summed E-state index contributed by atoms with van der Waals surface area (Å²) in [6, 6.07) is 11.1. The highest BCUT2D eigenvalue weighted by Gasteiger charge is 2.49. The first-order valence-corrected chi connectivity index (χ1v) is 7.81. The molecule has 4 nitrogen and oxygen atoms in total. The summed E-state index contributed by atoms with van der Waals surface area (Å²) in [7, 11) is 0. The van der Waals surface area contributed by atoms with Crippen LogP contribution < -0.4 is 11.1 Å². The Morgan fingerprint density at radius 3 is 2.67 bits per heavy atom. The quantitative estimate of drug-likeness (QED) is 0.646. The molecule has 21 heavy (non-hydrogen) atoms. The summed E-state index contributed by atoms with van der Waals surface area (Å²) in [5, 5.41) is 3.25. The van der Waals surface area contributed by atoms with Crippen LogP contribution in [0, 0.1) is 5.41 Å². The molecule has 114 valence electrons. The van der Waals surface area contributed by atoms with Gasteiger partial charge in [-0.3, -0.25) is 0 Å². The van der Waals surface area contributed by atoms with Gasteiger partial charge in [-0.2, -0.15) is 0 Å².